The van der Waals surface area contributed by atoms with Crippen LogP contribution in [0.25, 0.3) is 0 Å². The van der Waals surface area contributed by atoms with Crippen LogP contribution < -0.4 is 16.0 Å². The second-order valence-electron chi connectivity index (χ2n) is 9.65. The number of β-lactam (4-membered cyclic amide) rings is 1. The predicted octanol–water partition coefficient (Wildman–Crippen LogP) is 3.76. The minimum Gasteiger partial charge on any atom is -0.384 e. The highest BCUT2D eigenvalue weighted by atomic mass is 16.2. The molecule has 2 heterocycles. The number of urea groups is 1. The molecule has 3 N–H and O–H groups in total. The highest BCUT2D eigenvalue weighted by molar-refractivity contribution is 6.12. The zero-order valence-corrected chi connectivity index (χ0v) is 20.5. The highest BCUT2D eigenvalue weighted by Crippen LogP contribution is 2.34. The van der Waals surface area contributed by atoms with Crippen LogP contribution >= 0.6 is 0 Å². The van der Waals surface area contributed by atoms with Crippen molar-refractivity contribution in [3.8, 4) is 0 Å². The Morgan fingerprint density at radius 2 is 1.89 bits per heavy atom. The molecule has 4 rings (SSSR count). The highest BCUT2D eigenvalue weighted by Gasteiger charge is 2.55. The van der Waals surface area contributed by atoms with Crippen LogP contribution in [0.2, 0.25) is 0 Å². The number of likely N-dealkylation sites (N-methyl/N-ethyl adjacent to an activating group) is 1. The van der Waals surface area contributed by atoms with E-state index in [-0.39, 0.29) is 17.9 Å². The number of aromatic nitrogens is 1. The van der Waals surface area contributed by atoms with E-state index in [0.717, 1.165) is 29.7 Å². The van der Waals surface area contributed by atoms with Gasteiger partial charge in [0.15, 0.2) is 0 Å². The van der Waals surface area contributed by atoms with Crippen molar-refractivity contribution in [2.45, 2.75) is 64.0 Å². The first-order valence-electron chi connectivity index (χ1n) is 12.6. The molecule has 35 heavy (non-hydrogen) atoms. The second kappa shape index (κ2) is 10.9. The molecule has 0 radical (unpaired) electrons. The van der Waals surface area contributed by atoms with Crippen molar-refractivity contribution in [3.63, 3.8) is 0 Å². The monoisotopic (exact) mass is 477 g/mol. The predicted molar refractivity (Wildman–Crippen MR) is 136 cm³/mol. The zero-order valence-electron chi connectivity index (χ0n) is 20.5. The molecule has 3 atom stereocenters. The van der Waals surface area contributed by atoms with Crippen LogP contribution in [0.1, 0.15) is 51.0 Å². The van der Waals surface area contributed by atoms with Crippen LogP contribution in [-0.2, 0) is 16.0 Å². The lowest BCUT2D eigenvalue weighted by atomic mass is 9.81. The average molecular weight is 478 g/mol. The number of amides is 4. The van der Waals surface area contributed by atoms with Crippen molar-refractivity contribution in [2.24, 2.45) is 11.8 Å². The fourth-order valence-electron chi connectivity index (χ4n) is 5.43. The lowest BCUT2D eigenvalue weighted by molar-refractivity contribution is -0.156. The van der Waals surface area contributed by atoms with Gasteiger partial charge >= 0.3 is 6.03 Å². The van der Waals surface area contributed by atoms with Crippen molar-refractivity contribution >= 4 is 29.4 Å². The van der Waals surface area contributed by atoms with Crippen LogP contribution in [0.3, 0.4) is 0 Å². The third-order valence-corrected chi connectivity index (χ3v) is 7.43. The molecular weight excluding hydrogens is 442 g/mol. The van der Waals surface area contributed by atoms with Gasteiger partial charge in [0, 0.05) is 25.0 Å². The Balaban J connectivity index is 1.56. The minimum atomic E-state index is -0.883. The first-order valence-corrected chi connectivity index (χ1v) is 12.6. The molecule has 1 saturated heterocycles. The quantitative estimate of drug-likeness (QED) is 0.590. The van der Waals surface area contributed by atoms with Crippen molar-refractivity contribution < 1.29 is 14.4 Å². The van der Waals surface area contributed by atoms with Crippen LogP contribution in [-0.4, -0.2) is 46.9 Å². The number of benzene rings is 1. The van der Waals surface area contributed by atoms with Gasteiger partial charge in [-0.3, -0.25) is 14.5 Å². The summed E-state index contributed by atoms with van der Waals surface area (Å²) < 4.78 is 0. The summed E-state index contributed by atoms with van der Waals surface area (Å²) in [6.07, 6.45) is 8.42. The molecule has 1 aromatic carbocycles. The molecule has 0 spiro atoms. The van der Waals surface area contributed by atoms with E-state index in [1.165, 1.54) is 24.2 Å². The van der Waals surface area contributed by atoms with E-state index in [1.54, 1.807) is 25.4 Å². The van der Waals surface area contributed by atoms with Gasteiger partial charge in [-0.05, 0) is 61.4 Å². The molecule has 0 bridgehead atoms. The molecule has 186 valence electrons. The first-order chi connectivity index (χ1) is 16.9. The molecule has 1 aromatic heterocycles. The Hall–Kier alpha value is -3.42. The minimum absolute atomic E-state index is 0.00255. The Labute approximate surface area is 206 Å². The van der Waals surface area contributed by atoms with Crippen LogP contribution in [0.4, 0.5) is 16.3 Å². The summed E-state index contributed by atoms with van der Waals surface area (Å²) in [7, 11) is 1.68. The first kappa shape index (κ1) is 24.7. The number of carbonyl (C=O) groups excluding carboxylic acids is 3. The standard InChI is InChI=1S/C27H35N5O3/c1-3-22(19-10-6-4-7-11-19)30-27(35)32-24(26(34)31(2)20-12-8-5-9-13-20)21(25(32)33)16-18-14-15-29-23(28)17-18/h5,8-9,12-15,17,19,21-22,24H,3-4,6-7,10-11,16H2,1-2H3,(H2,28,29)(H,30,35)/t21-,22-,24+/m1/s1. The number of likely N-dealkylation sites (tertiary alicyclic amines) is 1. The van der Waals surface area contributed by atoms with E-state index in [9.17, 15) is 14.4 Å². The zero-order chi connectivity index (χ0) is 24.9. The van der Waals surface area contributed by atoms with Crippen molar-refractivity contribution in [3.05, 3.63) is 54.2 Å². The van der Waals surface area contributed by atoms with E-state index in [2.05, 4.69) is 17.2 Å². The number of nitrogen functional groups attached to an aromatic ring is 1. The number of nitrogens with zero attached hydrogens (tertiary/aromatic N) is 3. The molecule has 8 nitrogen and oxygen atoms in total. The van der Waals surface area contributed by atoms with Crippen molar-refractivity contribution in [1.29, 1.82) is 0 Å². The maximum absolute atomic E-state index is 13.6. The smallest absolute Gasteiger partial charge is 0.325 e. The van der Waals surface area contributed by atoms with Gasteiger partial charge < -0.3 is 16.0 Å². The summed E-state index contributed by atoms with van der Waals surface area (Å²) in [4.78, 5) is 46.9. The Bertz CT molecular complexity index is 1050. The van der Waals surface area contributed by atoms with Gasteiger partial charge in [-0.2, -0.15) is 0 Å². The number of hydrogen-bond donors (Lipinski definition) is 2. The van der Waals surface area contributed by atoms with Crippen molar-refractivity contribution in [2.75, 3.05) is 17.7 Å². The topological polar surface area (TPSA) is 109 Å². The van der Waals surface area contributed by atoms with Gasteiger partial charge in [-0.15, -0.1) is 0 Å². The SMILES string of the molecule is CC[C@@H](NC(=O)N1C(=O)[C@H](Cc2ccnc(N)c2)[C@H]1C(=O)N(C)c1ccccc1)C1CCCCC1. The number of para-hydroxylation sites is 1. The normalized spacial score (nSPS) is 21.2. The lowest BCUT2D eigenvalue weighted by Gasteiger charge is -2.46. The molecule has 0 unspecified atom stereocenters. The number of hydrogen-bond acceptors (Lipinski definition) is 5. The van der Waals surface area contributed by atoms with E-state index in [1.807, 2.05) is 30.3 Å². The van der Waals surface area contributed by atoms with Crippen LogP contribution in [0.5, 0.6) is 0 Å². The number of nitrogens with two attached hydrogens (primary N) is 1. The summed E-state index contributed by atoms with van der Waals surface area (Å²) in [5.41, 5.74) is 7.33. The van der Waals surface area contributed by atoms with Gasteiger partial charge in [-0.25, -0.2) is 9.78 Å². The number of anilines is 2. The molecule has 1 aliphatic carbocycles. The molecule has 1 saturated carbocycles. The molecular formula is C27H35N5O3. The molecule has 2 aliphatic rings. The van der Waals surface area contributed by atoms with E-state index in [0.29, 0.717) is 23.8 Å². The number of pyridine rings is 1. The largest absolute Gasteiger partial charge is 0.384 e. The maximum atomic E-state index is 13.6. The third-order valence-electron chi connectivity index (χ3n) is 7.43. The fraction of sp³-hybridized carbons (Fsp3) is 0.481. The Morgan fingerprint density at radius 1 is 1.17 bits per heavy atom. The van der Waals surface area contributed by atoms with Gasteiger partial charge in [0.25, 0.3) is 5.91 Å². The van der Waals surface area contributed by atoms with Gasteiger partial charge in [0.05, 0.1) is 5.92 Å². The number of rotatable bonds is 7. The number of imide groups is 1. The van der Waals surface area contributed by atoms with E-state index >= 15 is 0 Å². The molecule has 2 fully saturated rings. The van der Waals surface area contributed by atoms with E-state index < -0.39 is 18.0 Å². The molecule has 4 amide bonds. The lowest BCUT2D eigenvalue weighted by Crippen LogP contribution is -2.71. The van der Waals surface area contributed by atoms with Gasteiger partial charge in [0.2, 0.25) is 5.91 Å². The summed E-state index contributed by atoms with van der Waals surface area (Å²) in [6.45, 7) is 2.06. The average Bonchev–Trinajstić information content (AvgIpc) is 2.89. The fourth-order valence-corrected chi connectivity index (χ4v) is 5.43. The molecule has 8 heteroatoms. The number of nitrogens with one attached hydrogen (secondary N) is 1. The Kier molecular flexibility index (Phi) is 7.68. The molecule has 2 aromatic rings. The van der Waals surface area contributed by atoms with Crippen molar-refractivity contribution in [1.82, 2.24) is 15.2 Å². The Morgan fingerprint density at radius 3 is 2.54 bits per heavy atom. The van der Waals surface area contributed by atoms with E-state index in [4.69, 9.17) is 5.73 Å². The summed E-state index contributed by atoms with van der Waals surface area (Å²) in [6, 6.07) is 11.4. The third kappa shape index (κ3) is 5.31. The van der Waals surface area contributed by atoms with Crippen LogP contribution in [0, 0.1) is 11.8 Å². The summed E-state index contributed by atoms with van der Waals surface area (Å²) in [5, 5.41) is 3.09. The van der Waals surface area contributed by atoms with Gasteiger partial charge in [-0.1, -0.05) is 44.4 Å². The second-order valence-corrected chi connectivity index (χ2v) is 9.65. The summed E-state index contributed by atoms with van der Waals surface area (Å²) >= 11 is 0. The summed E-state index contributed by atoms with van der Waals surface area (Å²) in [5.74, 6) is -0.506. The molecule has 1 aliphatic heterocycles. The number of carbonyl (C=O) groups is 3. The van der Waals surface area contributed by atoms with Crippen LogP contribution in [0.15, 0.2) is 48.7 Å². The van der Waals surface area contributed by atoms with Gasteiger partial charge in [0.1, 0.15) is 11.9 Å². The maximum Gasteiger partial charge on any atom is 0.325 e.